The van der Waals surface area contributed by atoms with Gasteiger partial charge >= 0.3 is 0 Å². The summed E-state index contributed by atoms with van der Waals surface area (Å²) in [5.74, 6) is 0. The van der Waals surface area contributed by atoms with Gasteiger partial charge in [0.05, 0.1) is 0 Å². The average molecular weight is 274 g/mol. The first-order valence-electron chi connectivity index (χ1n) is 8.36. The first kappa shape index (κ1) is 15.5. The third-order valence-corrected chi connectivity index (χ3v) is 4.37. The second kappa shape index (κ2) is 8.43. The molecule has 1 saturated heterocycles. The summed E-state index contributed by atoms with van der Waals surface area (Å²) in [5, 5.41) is 3.60. The van der Waals surface area contributed by atoms with Crippen molar-refractivity contribution in [3.8, 4) is 0 Å². The molecule has 1 aliphatic heterocycles. The fourth-order valence-electron chi connectivity index (χ4n) is 3.06. The molecule has 1 N–H and O–H groups in total. The number of nitrogens with one attached hydrogen (secondary N) is 1. The summed E-state index contributed by atoms with van der Waals surface area (Å²) in [6.07, 6.45) is 6.46. The normalized spacial score (nSPS) is 20.2. The molecule has 2 nitrogen and oxygen atoms in total. The lowest BCUT2D eigenvalue weighted by atomic mass is 10.0. The second-order valence-electron chi connectivity index (χ2n) is 5.99. The topological polar surface area (TPSA) is 15.3 Å². The standard InChI is InChI=1S/C18H30N2/c1-3-12-19-14-18-7-5-6-13-20(18)15-17-10-8-16(4-2)9-11-17/h8-11,18-19H,3-7,12-15H2,1-2H3. The second-order valence-corrected chi connectivity index (χ2v) is 5.99. The van der Waals surface area contributed by atoms with Crippen molar-refractivity contribution in [3.05, 3.63) is 35.4 Å². The monoisotopic (exact) mass is 274 g/mol. The molecule has 1 atom stereocenters. The number of hydrogen-bond donors (Lipinski definition) is 1. The van der Waals surface area contributed by atoms with Crippen LogP contribution in [0.5, 0.6) is 0 Å². The van der Waals surface area contributed by atoms with Crippen LogP contribution in [0.3, 0.4) is 0 Å². The van der Waals surface area contributed by atoms with E-state index in [2.05, 4.69) is 48.3 Å². The third kappa shape index (κ3) is 4.60. The van der Waals surface area contributed by atoms with Gasteiger partial charge in [0.1, 0.15) is 0 Å². The molecule has 0 saturated carbocycles. The van der Waals surface area contributed by atoms with Gasteiger partial charge in [-0.15, -0.1) is 0 Å². The molecule has 20 heavy (non-hydrogen) atoms. The summed E-state index contributed by atoms with van der Waals surface area (Å²) in [6.45, 7) is 9.13. The van der Waals surface area contributed by atoms with Crippen LogP contribution < -0.4 is 5.32 Å². The lowest BCUT2D eigenvalue weighted by molar-refractivity contribution is 0.137. The highest BCUT2D eigenvalue weighted by Crippen LogP contribution is 2.19. The SMILES string of the molecule is CCCNCC1CCCCN1Cc1ccc(CC)cc1. The summed E-state index contributed by atoms with van der Waals surface area (Å²) in [4.78, 5) is 2.67. The Morgan fingerprint density at radius 3 is 2.55 bits per heavy atom. The number of benzene rings is 1. The van der Waals surface area contributed by atoms with Crippen molar-refractivity contribution in [2.24, 2.45) is 0 Å². The van der Waals surface area contributed by atoms with Crippen LogP contribution in [0.15, 0.2) is 24.3 Å². The van der Waals surface area contributed by atoms with E-state index in [9.17, 15) is 0 Å². The molecule has 1 aromatic carbocycles. The van der Waals surface area contributed by atoms with Gasteiger partial charge in [-0.05, 0) is 49.9 Å². The number of nitrogens with zero attached hydrogens (tertiary/aromatic N) is 1. The van der Waals surface area contributed by atoms with E-state index in [0.29, 0.717) is 0 Å². The Bertz CT molecular complexity index is 372. The number of aryl methyl sites for hydroxylation is 1. The van der Waals surface area contributed by atoms with E-state index in [1.807, 2.05) is 0 Å². The van der Waals surface area contributed by atoms with Gasteiger partial charge in [-0.2, -0.15) is 0 Å². The van der Waals surface area contributed by atoms with Crippen LogP contribution in [-0.4, -0.2) is 30.6 Å². The Labute approximate surface area is 124 Å². The fourth-order valence-corrected chi connectivity index (χ4v) is 3.06. The largest absolute Gasteiger partial charge is 0.315 e. The maximum Gasteiger partial charge on any atom is 0.0237 e. The zero-order valence-corrected chi connectivity index (χ0v) is 13.2. The van der Waals surface area contributed by atoms with Crippen molar-refractivity contribution >= 4 is 0 Å². The quantitative estimate of drug-likeness (QED) is 0.764. The molecular weight excluding hydrogens is 244 g/mol. The van der Waals surface area contributed by atoms with Crippen molar-refractivity contribution in [3.63, 3.8) is 0 Å². The van der Waals surface area contributed by atoms with E-state index in [1.54, 1.807) is 0 Å². The van der Waals surface area contributed by atoms with E-state index in [4.69, 9.17) is 0 Å². The van der Waals surface area contributed by atoms with Crippen molar-refractivity contribution in [1.82, 2.24) is 10.2 Å². The van der Waals surface area contributed by atoms with Crippen LogP contribution in [0.4, 0.5) is 0 Å². The molecular formula is C18H30N2. The highest BCUT2D eigenvalue weighted by atomic mass is 15.2. The Kier molecular flexibility index (Phi) is 6.55. The van der Waals surface area contributed by atoms with Gasteiger partial charge in [-0.3, -0.25) is 4.90 Å². The van der Waals surface area contributed by atoms with Crippen molar-refractivity contribution in [2.75, 3.05) is 19.6 Å². The number of rotatable bonds is 7. The summed E-state index contributed by atoms with van der Waals surface area (Å²) in [5.41, 5.74) is 2.90. The van der Waals surface area contributed by atoms with Crippen LogP contribution >= 0.6 is 0 Å². The third-order valence-electron chi connectivity index (χ3n) is 4.37. The molecule has 0 spiro atoms. The van der Waals surface area contributed by atoms with E-state index in [-0.39, 0.29) is 0 Å². The van der Waals surface area contributed by atoms with E-state index in [1.165, 1.54) is 43.4 Å². The molecule has 2 rings (SSSR count). The molecule has 1 unspecified atom stereocenters. The summed E-state index contributed by atoms with van der Waals surface area (Å²) in [7, 11) is 0. The predicted octanol–water partition coefficient (Wildman–Crippen LogP) is 3.60. The highest BCUT2D eigenvalue weighted by Gasteiger charge is 2.21. The minimum atomic E-state index is 0.723. The van der Waals surface area contributed by atoms with Crippen molar-refractivity contribution in [2.45, 2.75) is 58.5 Å². The molecule has 112 valence electrons. The fraction of sp³-hybridized carbons (Fsp3) is 0.667. The zero-order chi connectivity index (χ0) is 14.2. The van der Waals surface area contributed by atoms with Crippen LogP contribution in [0.1, 0.15) is 50.7 Å². The Morgan fingerprint density at radius 1 is 1.10 bits per heavy atom. The summed E-state index contributed by atoms with van der Waals surface area (Å²) >= 11 is 0. The highest BCUT2D eigenvalue weighted by molar-refractivity contribution is 5.22. The lowest BCUT2D eigenvalue weighted by Gasteiger charge is -2.36. The molecule has 0 radical (unpaired) electrons. The molecule has 1 aliphatic rings. The Morgan fingerprint density at radius 2 is 1.85 bits per heavy atom. The Hall–Kier alpha value is -0.860. The molecule has 0 aromatic heterocycles. The maximum atomic E-state index is 3.60. The van der Waals surface area contributed by atoms with E-state index in [0.717, 1.165) is 32.1 Å². The first-order valence-corrected chi connectivity index (χ1v) is 8.36. The van der Waals surface area contributed by atoms with Crippen LogP contribution in [0.25, 0.3) is 0 Å². The van der Waals surface area contributed by atoms with Gasteiger partial charge in [0, 0.05) is 19.1 Å². The number of likely N-dealkylation sites (tertiary alicyclic amines) is 1. The lowest BCUT2D eigenvalue weighted by Crippen LogP contribution is -2.45. The minimum Gasteiger partial charge on any atom is -0.315 e. The smallest absolute Gasteiger partial charge is 0.0237 e. The number of hydrogen-bond acceptors (Lipinski definition) is 2. The first-order chi connectivity index (χ1) is 9.83. The van der Waals surface area contributed by atoms with Gasteiger partial charge in [-0.1, -0.05) is 44.5 Å². The molecule has 1 heterocycles. The summed E-state index contributed by atoms with van der Waals surface area (Å²) in [6, 6.07) is 9.91. The maximum absolute atomic E-state index is 3.60. The van der Waals surface area contributed by atoms with Crippen LogP contribution in [-0.2, 0) is 13.0 Å². The van der Waals surface area contributed by atoms with Gasteiger partial charge in [0.15, 0.2) is 0 Å². The van der Waals surface area contributed by atoms with Crippen LogP contribution in [0.2, 0.25) is 0 Å². The van der Waals surface area contributed by atoms with Gasteiger partial charge in [0.2, 0.25) is 0 Å². The molecule has 2 heteroatoms. The minimum absolute atomic E-state index is 0.723. The average Bonchev–Trinajstić information content (AvgIpc) is 2.50. The predicted molar refractivity (Wildman–Crippen MR) is 87.0 cm³/mol. The Balaban J connectivity index is 1.89. The molecule has 0 aliphatic carbocycles. The molecule has 0 amide bonds. The number of piperidine rings is 1. The zero-order valence-electron chi connectivity index (χ0n) is 13.2. The molecule has 0 bridgehead atoms. The van der Waals surface area contributed by atoms with Crippen molar-refractivity contribution < 1.29 is 0 Å². The van der Waals surface area contributed by atoms with Crippen molar-refractivity contribution in [1.29, 1.82) is 0 Å². The van der Waals surface area contributed by atoms with Gasteiger partial charge < -0.3 is 5.32 Å². The van der Waals surface area contributed by atoms with E-state index < -0.39 is 0 Å². The summed E-state index contributed by atoms with van der Waals surface area (Å²) < 4.78 is 0. The van der Waals surface area contributed by atoms with Gasteiger partial charge in [0.25, 0.3) is 0 Å². The molecule has 1 fully saturated rings. The van der Waals surface area contributed by atoms with Gasteiger partial charge in [-0.25, -0.2) is 0 Å². The van der Waals surface area contributed by atoms with E-state index >= 15 is 0 Å². The van der Waals surface area contributed by atoms with Crippen LogP contribution in [0, 0.1) is 0 Å². The molecule has 1 aromatic rings.